The van der Waals surface area contributed by atoms with Crippen LogP contribution in [0.5, 0.6) is 5.75 Å². The Morgan fingerprint density at radius 1 is 1.00 bits per heavy atom. The van der Waals surface area contributed by atoms with Crippen LogP contribution in [0, 0.1) is 0 Å². The summed E-state index contributed by atoms with van der Waals surface area (Å²) in [6.45, 7) is 0. The number of hydrogen-bond acceptors (Lipinski definition) is 6. The molecule has 0 atom stereocenters. The SMILES string of the molecule is Oc1cc2cnccc2cc1-c1ncc(SC2CCCCC2)nn1. The van der Waals surface area contributed by atoms with Crippen molar-refractivity contribution >= 4 is 22.5 Å². The van der Waals surface area contributed by atoms with E-state index in [0.29, 0.717) is 16.6 Å². The number of benzene rings is 1. The summed E-state index contributed by atoms with van der Waals surface area (Å²) in [7, 11) is 0. The summed E-state index contributed by atoms with van der Waals surface area (Å²) in [5.74, 6) is 0.587. The second kappa shape index (κ2) is 6.73. The molecule has 2 heterocycles. The molecule has 0 bridgehead atoms. The van der Waals surface area contributed by atoms with Crippen molar-refractivity contribution in [3.63, 3.8) is 0 Å². The zero-order valence-electron chi connectivity index (χ0n) is 13.2. The van der Waals surface area contributed by atoms with Crippen LogP contribution in [-0.4, -0.2) is 30.5 Å². The molecule has 6 heteroatoms. The van der Waals surface area contributed by atoms with Gasteiger partial charge in [-0.15, -0.1) is 10.2 Å². The molecule has 1 N–H and O–H groups in total. The van der Waals surface area contributed by atoms with E-state index in [4.69, 9.17) is 0 Å². The Kier molecular flexibility index (Phi) is 4.30. The van der Waals surface area contributed by atoms with Gasteiger partial charge in [0.2, 0.25) is 0 Å². The van der Waals surface area contributed by atoms with E-state index in [1.54, 1.807) is 36.4 Å². The highest BCUT2D eigenvalue weighted by molar-refractivity contribution is 7.99. The predicted octanol–water partition coefficient (Wildman–Crippen LogP) is 4.22. The van der Waals surface area contributed by atoms with E-state index in [1.807, 2.05) is 12.1 Å². The summed E-state index contributed by atoms with van der Waals surface area (Å²) < 4.78 is 0. The van der Waals surface area contributed by atoms with Gasteiger partial charge in [-0.25, -0.2) is 4.98 Å². The molecule has 1 fully saturated rings. The third-order valence-corrected chi connectivity index (χ3v) is 5.61. The molecule has 24 heavy (non-hydrogen) atoms. The minimum atomic E-state index is 0.144. The quantitative estimate of drug-likeness (QED) is 0.771. The van der Waals surface area contributed by atoms with Crippen molar-refractivity contribution in [1.82, 2.24) is 20.2 Å². The average Bonchev–Trinajstić information content (AvgIpc) is 2.63. The summed E-state index contributed by atoms with van der Waals surface area (Å²) in [6, 6.07) is 5.46. The van der Waals surface area contributed by atoms with Gasteiger partial charge in [0.1, 0.15) is 10.8 Å². The maximum absolute atomic E-state index is 10.3. The van der Waals surface area contributed by atoms with E-state index >= 15 is 0 Å². The number of aromatic nitrogens is 4. The van der Waals surface area contributed by atoms with Crippen molar-refractivity contribution in [2.24, 2.45) is 0 Å². The summed E-state index contributed by atoms with van der Waals surface area (Å²) >= 11 is 1.77. The molecule has 0 amide bonds. The molecule has 0 unspecified atom stereocenters. The van der Waals surface area contributed by atoms with Gasteiger partial charge in [0, 0.05) is 23.0 Å². The Morgan fingerprint density at radius 3 is 2.67 bits per heavy atom. The smallest absolute Gasteiger partial charge is 0.185 e. The van der Waals surface area contributed by atoms with E-state index in [9.17, 15) is 5.11 Å². The summed E-state index contributed by atoms with van der Waals surface area (Å²) in [5.41, 5.74) is 0.593. The van der Waals surface area contributed by atoms with Crippen LogP contribution < -0.4 is 0 Å². The lowest BCUT2D eigenvalue weighted by atomic mass is 10.0. The Hall–Kier alpha value is -2.21. The fourth-order valence-electron chi connectivity index (χ4n) is 3.10. The van der Waals surface area contributed by atoms with Crippen LogP contribution in [0.15, 0.2) is 41.8 Å². The van der Waals surface area contributed by atoms with Crippen molar-refractivity contribution in [3.8, 4) is 17.1 Å². The molecule has 122 valence electrons. The lowest BCUT2D eigenvalue weighted by molar-refractivity contribution is 0.477. The molecule has 2 aromatic heterocycles. The van der Waals surface area contributed by atoms with E-state index in [2.05, 4.69) is 20.2 Å². The fraction of sp³-hybridized carbons (Fsp3) is 0.333. The normalized spacial score (nSPS) is 15.7. The van der Waals surface area contributed by atoms with Gasteiger partial charge < -0.3 is 5.11 Å². The fourth-order valence-corrected chi connectivity index (χ4v) is 4.21. The number of fused-ring (bicyclic) bond motifs is 1. The second-order valence-corrected chi connectivity index (χ2v) is 7.41. The highest BCUT2D eigenvalue weighted by Gasteiger charge is 2.16. The number of pyridine rings is 1. The van der Waals surface area contributed by atoms with Crippen LogP contribution in [0.25, 0.3) is 22.2 Å². The van der Waals surface area contributed by atoms with Gasteiger partial charge in [0.05, 0.1) is 11.8 Å². The molecule has 1 aromatic carbocycles. The Morgan fingerprint density at radius 2 is 1.88 bits per heavy atom. The molecule has 3 aromatic rings. The second-order valence-electron chi connectivity index (χ2n) is 6.09. The maximum atomic E-state index is 10.3. The molecule has 1 aliphatic carbocycles. The van der Waals surface area contributed by atoms with Crippen LogP contribution >= 0.6 is 11.8 Å². The van der Waals surface area contributed by atoms with Gasteiger partial charge in [-0.05, 0) is 36.4 Å². The van der Waals surface area contributed by atoms with Crippen molar-refractivity contribution in [2.45, 2.75) is 42.4 Å². The summed E-state index contributed by atoms with van der Waals surface area (Å²) in [4.78, 5) is 8.48. The monoisotopic (exact) mass is 338 g/mol. The first-order valence-corrected chi connectivity index (χ1v) is 9.11. The Balaban J connectivity index is 1.59. The van der Waals surface area contributed by atoms with Crippen molar-refractivity contribution in [1.29, 1.82) is 0 Å². The number of nitrogens with zero attached hydrogens (tertiary/aromatic N) is 4. The molecule has 1 saturated carbocycles. The molecule has 4 rings (SSSR count). The van der Waals surface area contributed by atoms with Crippen molar-refractivity contribution in [2.75, 3.05) is 0 Å². The van der Waals surface area contributed by atoms with Gasteiger partial charge in [-0.3, -0.25) is 4.98 Å². The van der Waals surface area contributed by atoms with Crippen LogP contribution in [0.1, 0.15) is 32.1 Å². The van der Waals surface area contributed by atoms with E-state index < -0.39 is 0 Å². The number of phenolic OH excluding ortho intramolecular Hbond substituents is 1. The van der Waals surface area contributed by atoms with Gasteiger partial charge in [-0.1, -0.05) is 31.0 Å². The molecule has 0 saturated heterocycles. The molecule has 1 aliphatic rings. The third-order valence-electron chi connectivity index (χ3n) is 4.38. The predicted molar refractivity (Wildman–Crippen MR) is 95.0 cm³/mol. The van der Waals surface area contributed by atoms with Gasteiger partial charge in [0.25, 0.3) is 0 Å². The van der Waals surface area contributed by atoms with E-state index in [1.165, 1.54) is 32.1 Å². The highest BCUT2D eigenvalue weighted by atomic mass is 32.2. The zero-order chi connectivity index (χ0) is 16.4. The molecular formula is C18H18N4OS. The first-order valence-electron chi connectivity index (χ1n) is 8.23. The highest BCUT2D eigenvalue weighted by Crippen LogP contribution is 2.34. The first-order chi connectivity index (χ1) is 11.8. The maximum Gasteiger partial charge on any atom is 0.185 e. The molecule has 0 radical (unpaired) electrons. The van der Waals surface area contributed by atoms with Crippen molar-refractivity contribution in [3.05, 3.63) is 36.8 Å². The lowest BCUT2D eigenvalue weighted by Gasteiger charge is -2.19. The largest absolute Gasteiger partial charge is 0.507 e. The lowest BCUT2D eigenvalue weighted by Crippen LogP contribution is -2.08. The molecular weight excluding hydrogens is 320 g/mol. The summed E-state index contributed by atoms with van der Waals surface area (Å²) in [6.07, 6.45) is 11.6. The Bertz CT molecular complexity index is 847. The van der Waals surface area contributed by atoms with Crippen LogP contribution in [-0.2, 0) is 0 Å². The Labute approximate surface area is 144 Å². The number of hydrogen-bond donors (Lipinski definition) is 1. The number of aromatic hydroxyl groups is 1. The number of rotatable bonds is 3. The van der Waals surface area contributed by atoms with Crippen LogP contribution in [0.3, 0.4) is 0 Å². The zero-order valence-corrected chi connectivity index (χ0v) is 14.0. The minimum absolute atomic E-state index is 0.144. The first kappa shape index (κ1) is 15.3. The average molecular weight is 338 g/mol. The van der Waals surface area contributed by atoms with E-state index in [-0.39, 0.29) is 5.75 Å². The number of thioether (sulfide) groups is 1. The molecule has 5 nitrogen and oxygen atoms in total. The minimum Gasteiger partial charge on any atom is -0.507 e. The molecule has 0 aliphatic heterocycles. The standard InChI is InChI=1S/C18H18N4OS/c23-16-9-13-10-19-7-6-12(13)8-15(16)18-20-11-17(21-22-18)24-14-4-2-1-3-5-14/h6-11,14,23H,1-5H2. The van der Waals surface area contributed by atoms with Gasteiger partial charge in [-0.2, -0.15) is 0 Å². The van der Waals surface area contributed by atoms with Gasteiger partial charge in [0.15, 0.2) is 5.82 Å². The van der Waals surface area contributed by atoms with Gasteiger partial charge >= 0.3 is 0 Å². The van der Waals surface area contributed by atoms with Crippen molar-refractivity contribution < 1.29 is 5.11 Å². The van der Waals surface area contributed by atoms with E-state index in [0.717, 1.165) is 15.8 Å². The number of phenols is 1. The molecule has 0 spiro atoms. The van der Waals surface area contributed by atoms with Crippen LogP contribution in [0.2, 0.25) is 0 Å². The topological polar surface area (TPSA) is 71.8 Å². The third kappa shape index (κ3) is 3.19. The summed E-state index contributed by atoms with van der Waals surface area (Å²) in [5, 5.41) is 22.1. The van der Waals surface area contributed by atoms with Crippen LogP contribution in [0.4, 0.5) is 0 Å².